The highest BCUT2D eigenvalue weighted by Crippen LogP contribution is 1.96. The summed E-state index contributed by atoms with van der Waals surface area (Å²) in [6.45, 7) is 2.40. The van der Waals surface area contributed by atoms with E-state index in [-0.39, 0.29) is 19.3 Å². The number of ether oxygens (including phenoxy) is 2. The maximum atomic E-state index is 9.12. The summed E-state index contributed by atoms with van der Waals surface area (Å²) in [5, 5.41) is 17.9. The van der Waals surface area contributed by atoms with Crippen molar-refractivity contribution in [3.8, 4) is 0 Å². The van der Waals surface area contributed by atoms with Crippen LogP contribution in [0.3, 0.4) is 0 Å². The van der Waals surface area contributed by atoms with E-state index >= 15 is 0 Å². The van der Waals surface area contributed by atoms with Crippen molar-refractivity contribution in [2.75, 3.05) is 26.9 Å². The number of hydrogen-bond acceptors (Lipinski definition) is 4. The van der Waals surface area contributed by atoms with Gasteiger partial charge >= 0.3 is 0 Å². The Labute approximate surface area is 73.1 Å². The van der Waals surface area contributed by atoms with Gasteiger partial charge in [-0.15, -0.1) is 0 Å². The van der Waals surface area contributed by atoms with Gasteiger partial charge in [0.1, 0.15) is 6.10 Å². The minimum Gasteiger partial charge on any atom is -0.394 e. The molecule has 12 heavy (non-hydrogen) atoms. The van der Waals surface area contributed by atoms with Gasteiger partial charge in [0.2, 0.25) is 0 Å². The van der Waals surface area contributed by atoms with E-state index in [1.807, 2.05) is 6.92 Å². The first-order valence-electron chi connectivity index (χ1n) is 4.14. The third-order valence-electron chi connectivity index (χ3n) is 1.55. The second kappa shape index (κ2) is 7.49. The maximum absolute atomic E-state index is 9.12. The zero-order valence-electron chi connectivity index (χ0n) is 7.69. The molecule has 0 aliphatic carbocycles. The van der Waals surface area contributed by atoms with E-state index in [0.717, 1.165) is 0 Å². The van der Waals surface area contributed by atoms with E-state index in [0.29, 0.717) is 13.0 Å². The van der Waals surface area contributed by atoms with Crippen molar-refractivity contribution >= 4 is 0 Å². The highest BCUT2D eigenvalue weighted by molar-refractivity contribution is 4.56. The van der Waals surface area contributed by atoms with Crippen molar-refractivity contribution < 1.29 is 19.7 Å². The van der Waals surface area contributed by atoms with Crippen molar-refractivity contribution in [1.29, 1.82) is 0 Å². The van der Waals surface area contributed by atoms with Crippen LogP contribution in [0.2, 0.25) is 0 Å². The largest absolute Gasteiger partial charge is 0.394 e. The summed E-state index contributed by atoms with van der Waals surface area (Å²) in [4.78, 5) is 0. The first kappa shape index (κ1) is 11.8. The molecule has 0 rings (SSSR count). The van der Waals surface area contributed by atoms with E-state index in [1.165, 1.54) is 0 Å². The Balaban J connectivity index is 3.43. The summed E-state index contributed by atoms with van der Waals surface area (Å²) in [6, 6.07) is 0. The molecule has 0 aliphatic heterocycles. The molecule has 0 radical (unpaired) electrons. The molecule has 0 fully saturated rings. The molecule has 4 nitrogen and oxygen atoms in total. The van der Waals surface area contributed by atoms with Gasteiger partial charge in [0.15, 0.2) is 0 Å². The monoisotopic (exact) mass is 178 g/mol. The number of aliphatic hydroxyl groups excluding tert-OH is 2. The summed E-state index contributed by atoms with van der Waals surface area (Å²) < 4.78 is 9.95. The predicted octanol–water partition coefficient (Wildman–Crippen LogP) is -0.219. The lowest BCUT2D eigenvalue weighted by atomic mass is 10.3. The average Bonchev–Trinajstić information content (AvgIpc) is 2.11. The summed E-state index contributed by atoms with van der Waals surface area (Å²) in [7, 11) is 1.54. The Morgan fingerprint density at radius 3 is 2.42 bits per heavy atom. The standard InChI is InChI=1S/C8H18O4/c1-3-7(10)5-12-8(4-9)6-11-2/h7-10H,3-6H2,1-2H3. The van der Waals surface area contributed by atoms with Gasteiger partial charge in [-0.25, -0.2) is 0 Å². The molecule has 0 aromatic rings. The molecule has 0 heterocycles. The molecule has 74 valence electrons. The van der Waals surface area contributed by atoms with Gasteiger partial charge in [-0.2, -0.15) is 0 Å². The minimum atomic E-state index is -0.448. The fraction of sp³-hybridized carbons (Fsp3) is 1.00. The SMILES string of the molecule is CCC(O)COC(CO)COC. The topological polar surface area (TPSA) is 58.9 Å². The molecule has 0 saturated carbocycles. The van der Waals surface area contributed by atoms with E-state index < -0.39 is 6.10 Å². The third-order valence-corrected chi connectivity index (χ3v) is 1.55. The molecule has 0 aliphatic rings. The zero-order chi connectivity index (χ0) is 9.40. The van der Waals surface area contributed by atoms with Gasteiger partial charge in [-0.05, 0) is 6.42 Å². The Bertz CT molecular complexity index is 97.1. The lowest BCUT2D eigenvalue weighted by molar-refractivity contribution is -0.0611. The third kappa shape index (κ3) is 5.49. The van der Waals surface area contributed by atoms with Gasteiger partial charge < -0.3 is 19.7 Å². The quantitative estimate of drug-likeness (QED) is 0.566. The van der Waals surface area contributed by atoms with Crippen molar-refractivity contribution in [3.05, 3.63) is 0 Å². The number of rotatable bonds is 7. The molecule has 0 bridgehead atoms. The molecule has 0 spiro atoms. The molecule has 0 amide bonds. The van der Waals surface area contributed by atoms with E-state index in [9.17, 15) is 0 Å². The summed E-state index contributed by atoms with van der Waals surface area (Å²) in [5.74, 6) is 0. The molecular formula is C8H18O4. The van der Waals surface area contributed by atoms with Crippen molar-refractivity contribution in [2.24, 2.45) is 0 Å². The van der Waals surface area contributed by atoms with Crippen LogP contribution in [-0.4, -0.2) is 49.4 Å². The lowest BCUT2D eigenvalue weighted by Crippen LogP contribution is -2.27. The fourth-order valence-corrected chi connectivity index (χ4v) is 0.704. The maximum Gasteiger partial charge on any atom is 0.104 e. The highest BCUT2D eigenvalue weighted by atomic mass is 16.5. The summed E-state index contributed by atoms with van der Waals surface area (Å²) >= 11 is 0. The zero-order valence-corrected chi connectivity index (χ0v) is 7.69. The van der Waals surface area contributed by atoms with Crippen LogP contribution >= 0.6 is 0 Å². The van der Waals surface area contributed by atoms with E-state index in [2.05, 4.69) is 0 Å². The van der Waals surface area contributed by atoms with Gasteiger partial charge in [-0.1, -0.05) is 6.92 Å². The van der Waals surface area contributed by atoms with E-state index in [1.54, 1.807) is 7.11 Å². The summed E-state index contributed by atoms with van der Waals surface area (Å²) in [6.07, 6.45) is -0.113. The van der Waals surface area contributed by atoms with Crippen LogP contribution in [-0.2, 0) is 9.47 Å². The Morgan fingerprint density at radius 1 is 1.33 bits per heavy atom. The van der Waals surface area contributed by atoms with Crippen LogP contribution < -0.4 is 0 Å². The second-order valence-corrected chi connectivity index (χ2v) is 2.66. The predicted molar refractivity (Wildman–Crippen MR) is 45.0 cm³/mol. The normalized spacial score (nSPS) is 16.0. The Hall–Kier alpha value is -0.160. The number of aliphatic hydroxyl groups is 2. The van der Waals surface area contributed by atoms with Gasteiger partial charge in [-0.3, -0.25) is 0 Å². The average molecular weight is 178 g/mol. The Kier molecular flexibility index (Phi) is 7.39. The molecule has 2 unspecified atom stereocenters. The summed E-state index contributed by atoms with van der Waals surface area (Å²) in [5.41, 5.74) is 0. The molecule has 0 saturated heterocycles. The smallest absolute Gasteiger partial charge is 0.104 e. The van der Waals surface area contributed by atoms with Gasteiger partial charge in [0.25, 0.3) is 0 Å². The molecule has 0 aromatic carbocycles. The van der Waals surface area contributed by atoms with Gasteiger partial charge in [0.05, 0.1) is 25.9 Å². The molecule has 0 aromatic heterocycles. The molecule has 2 N–H and O–H groups in total. The van der Waals surface area contributed by atoms with Crippen LogP contribution in [0.15, 0.2) is 0 Å². The van der Waals surface area contributed by atoms with Crippen LogP contribution in [0, 0.1) is 0 Å². The van der Waals surface area contributed by atoms with Crippen molar-refractivity contribution in [2.45, 2.75) is 25.6 Å². The number of hydrogen-bond donors (Lipinski definition) is 2. The molecule has 4 heteroatoms. The molecular weight excluding hydrogens is 160 g/mol. The van der Waals surface area contributed by atoms with Crippen molar-refractivity contribution in [3.63, 3.8) is 0 Å². The van der Waals surface area contributed by atoms with Crippen LogP contribution in [0.25, 0.3) is 0 Å². The fourth-order valence-electron chi connectivity index (χ4n) is 0.704. The minimum absolute atomic E-state index is 0.0791. The van der Waals surface area contributed by atoms with Crippen LogP contribution in [0.1, 0.15) is 13.3 Å². The molecule has 2 atom stereocenters. The highest BCUT2D eigenvalue weighted by Gasteiger charge is 2.09. The van der Waals surface area contributed by atoms with Gasteiger partial charge in [0, 0.05) is 7.11 Å². The lowest BCUT2D eigenvalue weighted by Gasteiger charge is -2.16. The van der Waals surface area contributed by atoms with Crippen LogP contribution in [0.5, 0.6) is 0 Å². The first-order chi connectivity index (χ1) is 5.74. The van der Waals surface area contributed by atoms with Crippen molar-refractivity contribution in [1.82, 2.24) is 0 Å². The number of methoxy groups -OCH3 is 1. The van der Waals surface area contributed by atoms with E-state index in [4.69, 9.17) is 19.7 Å². The first-order valence-corrected chi connectivity index (χ1v) is 4.14. The van der Waals surface area contributed by atoms with Crippen LogP contribution in [0.4, 0.5) is 0 Å². The second-order valence-electron chi connectivity index (χ2n) is 2.66. The Morgan fingerprint density at radius 2 is 2.00 bits per heavy atom.